The van der Waals surface area contributed by atoms with Crippen molar-refractivity contribution in [1.29, 1.82) is 0 Å². The minimum Gasteiger partial charge on any atom is -0.464 e. The number of carbonyl (C=O) groups excluding carboxylic acids is 2. The fourth-order valence-corrected chi connectivity index (χ4v) is 1.17. The third-order valence-electron chi connectivity index (χ3n) is 1.67. The minimum atomic E-state index is -0.961. The number of rotatable bonds is 2. The van der Waals surface area contributed by atoms with E-state index in [-0.39, 0.29) is 17.6 Å². The van der Waals surface area contributed by atoms with Crippen LogP contribution in [0, 0.1) is 0 Å². The van der Waals surface area contributed by atoms with Gasteiger partial charge in [0.25, 0.3) is 5.91 Å². The third kappa shape index (κ3) is 1.77. The summed E-state index contributed by atoms with van der Waals surface area (Å²) in [4.78, 5) is 23.7. The van der Waals surface area contributed by atoms with Crippen LogP contribution in [0.2, 0.25) is 0 Å². The standard InChI is InChI=1S/C7H10N2O3S/c1-3-12-6(11)4-5(10)9(2)7(13)8-4/h4H,3H2,1-2H3,(H,8,13). The molecule has 5 nitrogen and oxygen atoms in total. The van der Waals surface area contributed by atoms with E-state index in [0.29, 0.717) is 0 Å². The second-order valence-corrected chi connectivity index (χ2v) is 2.92. The Labute approximate surface area is 81.0 Å². The van der Waals surface area contributed by atoms with E-state index in [1.165, 1.54) is 11.9 Å². The van der Waals surface area contributed by atoms with Crippen LogP contribution in [-0.4, -0.2) is 41.6 Å². The first-order valence-corrected chi connectivity index (χ1v) is 4.23. The monoisotopic (exact) mass is 202 g/mol. The molecule has 0 saturated carbocycles. The lowest BCUT2D eigenvalue weighted by Crippen LogP contribution is -2.38. The second-order valence-electron chi connectivity index (χ2n) is 2.53. The lowest BCUT2D eigenvalue weighted by Gasteiger charge is -2.06. The van der Waals surface area contributed by atoms with Crippen molar-refractivity contribution in [3.63, 3.8) is 0 Å². The maximum absolute atomic E-state index is 11.3. The molecule has 0 aromatic carbocycles. The molecule has 1 fully saturated rings. The van der Waals surface area contributed by atoms with E-state index >= 15 is 0 Å². The van der Waals surface area contributed by atoms with Gasteiger partial charge in [-0.05, 0) is 19.1 Å². The Balaban J connectivity index is 2.68. The smallest absolute Gasteiger partial charge is 0.338 e. The van der Waals surface area contributed by atoms with Gasteiger partial charge < -0.3 is 10.1 Å². The molecule has 0 aromatic heterocycles. The average Bonchev–Trinajstić information content (AvgIpc) is 2.33. The van der Waals surface area contributed by atoms with Crippen molar-refractivity contribution in [3.05, 3.63) is 0 Å². The van der Waals surface area contributed by atoms with E-state index in [1.54, 1.807) is 6.92 Å². The van der Waals surface area contributed by atoms with Crippen LogP contribution >= 0.6 is 12.2 Å². The molecule has 1 aliphatic heterocycles. The predicted molar refractivity (Wildman–Crippen MR) is 48.9 cm³/mol. The molecule has 1 amide bonds. The van der Waals surface area contributed by atoms with Gasteiger partial charge in [0.1, 0.15) is 0 Å². The van der Waals surface area contributed by atoms with E-state index in [9.17, 15) is 9.59 Å². The molecule has 1 N–H and O–H groups in total. The number of hydrogen-bond donors (Lipinski definition) is 1. The van der Waals surface area contributed by atoms with E-state index in [2.05, 4.69) is 10.1 Å². The van der Waals surface area contributed by atoms with E-state index in [0.717, 1.165) is 0 Å². The number of ether oxygens (including phenoxy) is 1. The van der Waals surface area contributed by atoms with Crippen molar-refractivity contribution in [2.45, 2.75) is 13.0 Å². The molecule has 1 saturated heterocycles. The molecule has 13 heavy (non-hydrogen) atoms. The van der Waals surface area contributed by atoms with Gasteiger partial charge in [-0.25, -0.2) is 4.79 Å². The van der Waals surface area contributed by atoms with Crippen LogP contribution in [-0.2, 0) is 14.3 Å². The first-order chi connectivity index (χ1) is 6.07. The Morgan fingerprint density at radius 2 is 2.38 bits per heavy atom. The highest BCUT2D eigenvalue weighted by atomic mass is 32.1. The summed E-state index contributed by atoms with van der Waals surface area (Å²) in [6.45, 7) is 1.93. The number of nitrogens with zero attached hydrogens (tertiary/aromatic N) is 1. The van der Waals surface area contributed by atoms with Crippen LogP contribution in [0.4, 0.5) is 0 Å². The van der Waals surface area contributed by atoms with Gasteiger partial charge in [-0.15, -0.1) is 0 Å². The zero-order valence-corrected chi connectivity index (χ0v) is 8.18. The molecule has 1 unspecified atom stereocenters. The normalized spacial score (nSPS) is 21.7. The van der Waals surface area contributed by atoms with Crippen LogP contribution in [0.3, 0.4) is 0 Å². The Morgan fingerprint density at radius 1 is 1.77 bits per heavy atom. The molecule has 1 rings (SSSR count). The highest BCUT2D eigenvalue weighted by Gasteiger charge is 2.38. The molecule has 0 spiro atoms. The fraction of sp³-hybridized carbons (Fsp3) is 0.571. The summed E-state index contributed by atoms with van der Waals surface area (Å²) >= 11 is 4.79. The van der Waals surface area contributed by atoms with Crippen molar-refractivity contribution < 1.29 is 14.3 Å². The number of nitrogens with one attached hydrogen (secondary N) is 1. The highest BCUT2D eigenvalue weighted by molar-refractivity contribution is 7.80. The second kappa shape index (κ2) is 3.69. The number of thiocarbonyl (C=S) groups is 1. The largest absolute Gasteiger partial charge is 0.464 e. The minimum absolute atomic E-state index is 0.251. The van der Waals surface area contributed by atoms with E-state index in [1.807, 2.05) is 0 Å². The first-order valence-electron chi connectivity index (χ1n) is 3.82. The van der Waals surface area contributed by atoms with Gasteiger partial charge in [-0.1, -0.05) is 0 Å². The summed E-state index contributed by atoms with van der Waals surface area (Å²) in [5.41, 5.74) is 0. The van der Waals surface area contributed by atoms with Gasteiger partial charge in [0.2, 0.25) is 6.04 Å². The summed E-state index contributed by atoms with van der Waals surface area (Å²) in [6, 6.07) is -0.961. The van der Waals surface area contributed by atoms with Crippen LogP contribution < -0.4 is 5.32 Å². The Kier molecular flexibility index (Phi) is 2.82. The van der Waals surface area contributed by atoms with Gasteiger partial charge in [0.15, 0.2) is 5.11 Å². The van der Waals surface area contributed by atoms with Crippen LogP contribution in [0.5, 0.6) is 0 Å². The van der Waals surface area contributed by atoms with Gasteiger partial charge in [0, 0.05) is 7.05 Å². The summed E-state index contributed by atoms with van der Waals surface area (Å²) in [7, 11) is 1.51. The fourth-order valence-electron chi connectivity index (χ4n) is 0.961. The number of amides is 1. The molecule has 1 atom stereocenters. The van der Waals surface area contributed by atoms with Gasteiger partial charge >= 0.3 is 5.97 Å². The SMILES string of the molecule is CCOC(=O)C1NC(=S)N(C)C1=O. The Morgan fingerprint density at radius 3 is 2.77 bits per heavy atom. The molecule has 0 aliphatic carbocycles. The molecule has 6 heteroatoms. The molecule has 1 heterocycles. The quantitative estimate of drug-likeness (QED) is 0.363. The summed E-state index contributed by atoms with van der Waals surface area (Å²) in [5.74, 6) is -0.956. The summed E-state index contributed by atoms with van der Waals surface area (Å²) in [6.07, 6.45) is 0. The lowest BCUT2D eigenvalue weighted by molar-refractivity contribution is -0.148. The zero-order valence-electron chi connectivity index (χ0n) is 7.36. The molecular weight excluding hydrogens is 192 g/mol. The van der Waals surface area contributed by atoms with Crippen molar-refractivity contribution in [2.75, 3.05) is 13.7 Å². The van der Waals surface area contributed by atoms with Crippen LogP contribution in [0.25, 0.3) is 0 Å². The number of hydrogen-bond acceptors (Lipinski definition) is 4. The zero-order chi connectivity index (χ0) is 10.0. The lowest BCUT2D eigenvalue weighted by atomic mass is 10.3. The van der Waals surface area contributed by atoms with Crippen LogP contribution in [0.1, 0.15) is 6.92 Å². The van der Waals surface area contributed by atoms with Crippen molar-refractivity contribution in [1.82, 2.24) is 10.2 Å². The van der Waals surface area contributed by atoms with Gasteiger partial charge in [0.05, 0.1) is 6.61 Å². The van der Waals surface area contributed by atoms with Gasteiger partial charge in [-0.3, -0.25) is 9.69 Å². The molecular formula is C7H10N2O3S. The van der Waals surface area contributed by atoms with Crippen molar-refractivity contribution in [2.24, 2.45) is 0 Å². The number of esters is 1. The first kappa shape index (κ1) is 9.91. The maximum atomic E-state index is 11.3. The van der Waals surface area contributed by atoms with Crippen molar-refractivity contribution >= 4 is 29.2 Å². The molecule has 0 radical (unpaired) electrons. The van der Waals surface area contributed by atoms with E-state index < -0.39 is 12.0 Å². The van der Waals surface area contributed by atoms with Crippen molar-refractivity contribution in [3.8, 4) is 0 Å². The predicted octanol–water partition coefficient (Wildman–Crippen LogP) is -0.735. The summed E-state index contributed by atoms with van der Waals surface area (Å²) in [5, 5.41) is 2.82. The number of likely N-dealkylation sites (N-methyl/N-ethyl adjacent to an activating group) is 1. The Hall–Kier alpha value is -1.17. The maximum Gasteiger partial charge on any atom is 0.338 e. The third-order valence-corrected chi connectivity index (χ3v) is 2.06. The van der Waals surface area contributed by atoms with Gasteiger partial charge in [-0.2, -0.15) is 0 Å². The Bertz CT molecular complexity index is 266. The summed E-state index contributed by atoms with van der Waals surface area (Å²) < 4.78 is 4.68. The van der Waals surface area contributed by atoms with E-state index in [4.69, 9.17) is 12.2 Å². The number of carbonyl (C=O) groups is 2. The molecule has 72 valence electrons. The molecule has 1 aliphatic rings. The molecule has 0 bridgehead atoms. The topological polar surface area (TPSA) is 58.6 Å². The molecule has 0 aromatic rings. The highest BCUT2D eigenvalue weighted by Crippen LogP contribution is 2.05. The van der Waals surface area contributed by atoms with Crippen LogP contribution in [0.15, 0.2) is 0 Å². The average molecular weight is 202 g/mol.